The molecule has 0 fully saturated rings. The lowest BCUT2D eigenvalue weighted by Crippen LogP contribution is -2.02. The summed E-state index contributed by atoms with van der Waals surface area (Å²) in [4.78, 5) is 0. The van der Waals surface area contributed by atoms with Gasteiger partial charge in [-0.3, -0.25) is 0 Å². The number of rotatable bonds is 3. The zero-order valence-electron chi connectivity index (χ0n) is 13.7. The van der Waals surface area contributed by atoms with Gasteiger partial charge in [-0.1, -0.05) is 65.7 Å². The summed E-state index contributed by atoms with van der Waals surface area (Å²) in [5.74, 6) is 0. The van der Waals surface area contributed by atoms with Crippen LogP contribution in [0.1, 0.15) is 16.7 Å². The fraction of sp³-hybridized carbons (Fsp3) is 0.143. The van der Waals surface area contributed by atoms with Gasteiger partial charge in [0.1, 0.15) is 0 Å². The molecule has 0 aliphatic rings. The van der Waals surface area contributed by atoms with Gasteiger partial charge in [0.25, 0.3) is 0 Å². The van der Waals surface area contributed by atoms with Gasteiger partial charge in [0.15, 0.2) is 0 Å². The first-order valence-electron chi connectivity index (χ1n) is 7.86. The Morgan fingerprint density at radius 1 is 0.708 bits per heavy atom. The van der Waals surface area contributed by atoms with Crippen LogP contribution in [0, 0.1) is 13.8 Å². The Kier molecular flexibility index (Phi) is 4.96. The molecule has 1 nitrogen and oxygen atoms in total. The molecule has 0 heterocycles. The van der Waals surface area contributed by atoms with Crippen LogP contribution in [0.5, 0.6) is 0 Å². The van der Waals surface area contributed by atoms with Crippen LogP contribution >= 0.6 is 23.2 Å². The molecule has 0 bridgehead atoms. The summed E-state index contributed by atoms with van der Waals surface area (Å²) in [7, 11) is 0. The predicted molar refractivity (Wildman–Crippen MR) is 105 cm³/mol. The number of hydrogen-bond donors (Lipinski definition) is 1. The molecule has 3 aromatic carbocycles. The van der Waals surface area contributed by atoms with Crippen LogP contribution in [-0.4, -0.2) is 0 Å². The van der Waals surface area contributed by atoms with Gasteiger partial charge in [-0.15, -0.1) is 0 Å². The number of halogens is 2. The Hall–Kier alpha value is -1.80. The molecule has 0 aliphatic heterocycles. The molecule has 0 radical (unpaired) electrons. The van der Waals surface area contributed by atoms with Crippen LogP contribution < -0.4 is 5.73 Å². The van der Waals surface area contributed by atoms with E-state index in [4.69, 9.17) is 28.9 Å². The summed E-state index contributed by atoms with van der Waals surface area (Å²) < 4.78 is 0. The van der Waals surface area contributed by atoms with Gasteiger partial charge >= 0.3 is 0 Å². The Morgan fingerprint density at radius 2 is 1.17 bits per heavy atom. The largest absolute Gasteiger partial charge is 0.326 e. The summed E-state index contributed by atoms with van der Waals surface area (Å²) in [5.41, 5.74) is 13.5. The molecule has 0 amide bonds. The zero-order chi connectivity index (χ0) is 17.3. The van der Waals surface area contributed by atoms with Gasteiger partial charge in [0, 0.05) is 27.7 Å². The second-order valence-corrected chi connectivity index (χ2v) is 6.82. The van der Waals surface area contributed by atoms with Crippen molar-refractivity contribution in [3.63, 3.8) is 0 Å². The fourth-order valence-corrected chi connectivity index (χ4v) is 3.66. The van der Waals surface area contributed by atoms with Crippen LogP contribution in [0.15, 0.2) is 54.6 Å². The molecule has 2 N–H and O–H groups in total. The number of nitrogens with two attached hydrogens (primary N) is 1. The fourth-order valence-electron chi connectivity index (χ4n) is 2.99. The van der Waals surface area contributed by atoms with E-state index >= 15 is 0 Å². The Labute approximate surface area is 153 Å². The van der Waals surface area contributed by atoms with Crippen molar-refractivity contribution < 1.29 is 0 Å². The standard InChI is InChI=1S/C21H19Cl2N/c1-13-6-8-17(20(22)10-13)15-4-3-5-16(19(15)12-24)18-9-7-14(2)11-21(18)23/h3-11H,12,24H2,1-2H3. The molecule has 24 heavy (non-hydrogen) atoms. The summed E-state index contributed by atoms with van der Waals surface area (Å²) >= 11 is 13.0. The van der Waals surface area contributed by atoms with E-state index < -0.39 is 0 Å². The van der Waals surface area contributed by atoms with Crippen LogP contribution in [0.4, 0.5) is 0 Å². The summed E-state index contributed by atoms with van der Waals surface area (Å²) in [5, 5.41) is 1.47. The van der Waals surface area contributed by atoms with Gasteiger partial charge in [-0.25, -0.2) is 0 Å². The maximum absolute atomic E-state index is 6.48. The average molecular weight is 356 g/mol. The van der Waals surface area contributed by atoms with E-state index in [0.29, 0.717) is 6.54 Å². The van der Waals surface area contributed by atoms with Crippen molar-refractivity contribution >= 4 is 23.2 Å². The monoisotopic (exact) mass is 355 g/mol. The first kappa shape index (κ1) is 17.0. The molecule has 122 valence electrons. The van der Waals surface area contributed by atoms with Gasteiger partial charge in [-0.05, 0) is 53.8 Å². The van der Waals surface area contributed by atoms with Crippen molar-refractivity contribution in [1.82, 2.24) is 0 Å². The van der Waals surface area contributed by atoms with Gasteiger partial charge in [0.2, 0.25) is 0 Å². The van der Waals surface area contributed by atoms with E-state index in [-0.39, 0.29) is 0 Å². The van der Waals surface area contributed by atoms with E-state index in [1.807, 2.05) is 44.2 Å². The van der Waals surface area contributed by atoms with E-state index in [1.54, 1.807) is 0 Å². The third kappa shape index (κ3) is 3.21. The third-order valence-electron chi connectivity index (χ3n) is 4.21. The van der Waals surface area contributed by atoms with Crippen LogP contribution in [-0.2, 0) is 6.54 Å². The molecular formula is C21H19Cl2N. The highest BCUT2D eigenvalue weighted by molar-refractivity contribution is 6.34. The summed E-state index contributed by atoms with van der Waals surface area (Å²) in [6, 6.07) is 18.3. The Morgan fingerprint density at radius 3 is 1.54 bits per heavy atom. The molecule has 0 saturated heterocycles. The average Bonchev–Trinajstić information content (AvgIpc) is 2.54. The third-order valence-corrected chi connectivity index (χ3v) is 4.84. The highest BCUT2D eigenvalue weighted by atomic mass is 35.5. The van der Waals surface area contributed by atoms with Crippen molar-refractivity contribution in [3.05, 3.63) is 81.3 Å². The quantitative estimate of drug-likeness (QED) is 0.577. The van der Waals surface area contributed by atoms with Crippen molar-refractivity contribution in [2.75, 3.05) is 0 Å². The second-order valence-electron chi connectivity index (χ2n) is 6.00. The highest BCUT2D eigenvalue weighted by Crippen LogP contribution is 2.38. The van der Waals surface area contributed by atoms with Crippen molar-refractivity contribution in [3.8, 4) is 22.3 Å². The van der Waals surface area contributed by atoms with Crippen LogP contribution in [0.2, 0.25) is 10.0 Å². The minimum Gasteiger partial charge on any atom is -0.326 e. The molecular weight excluding hydrogens is 337 g/mol. The maximum atomic E-state index is 6.48. The molecule has 0 atom stereocenters. The van der Waals surface area contributed by atoms with E-state index in [0.717, 1.165) is 49.0 Å². The number of hydrogen-bond acceptors (Lipinski definition) is 1. The Bertz CT molecular complexity index is 831. The molecule has 0 saturated carbocycles. The normalized spacial score (nSPS) is 10.9. The molecule has 0 aromatic heterocycles. The minimum atomic E-state index is 0.417. The summed E-state index contributed by atoms with van der Waals surface area (Å²) in [6.07, 6.45) is 0. The van der Waals surface area contributed by atoms with Gasteiger partial charge in [-0.2, -0.15) is 0 Å². The topological polar surface area (TPSA) is 26.0 Å². The number of aryl methyl sites for hydroxylation is 2. The molecule has 3 rings (SSSR count). The second kappa shape index (κ2) is 6.98. The van der Waals surface area contributed by atoms with Crippen molar-refractivity contribution in [2.45, 2.75) is 20.4 Å². The van der Waals surface area contributed by atoms with Gasteiger partial charge < -0.3 is 5.73 Å². The Balaban J connectivity index is 2.23. The molecule has 0 unspecified atom stereocenters. The molecule has 0 aliphatic carbocycles. The highest BCUT2D eigenvalue weighted by Gasteiger charge is 2.14. The van der Waals surface area contributed by atoms with Crippen LogP contribution in [0.3, 0.4) is 0 Å². The molecule has 3 aromatic rings. The molecule has 0 spiro atoms. The van der Waals surface area contributed by atoms with Gasteiger partial charge in [0.05, 0.1) is 0 Å². The lowest BCUT2D eigenvalue weighted by molar-refractivity contribution is 1.08. The first-order chi connectivity index (χ1) is 11.5. The summed E-state index contributed by atoms with van der Waals surface area (Å²) in [6.45, 7) is 4.48. The smallest absolute Gasteiger partial charge is 0.0487 e. The predicted octanol–water partition coefficient (Wildman–Crippen LogP) is 6.40. The van der Waals surface area contributed by atoms with E-state index in [2.05, 4.69) is 24.3 Å². The first-order valence-corrected chi connectivity index (χ1v) is 8.62. The van der Waals surface area contributed by atoms with Crippen molar-refractivity contribution in [2.24, 2.45) is 5.73 Å². The lowest BCUT2D eigenvalue weighted by Gasteiger charge is -2.16. The molecule has 3 heteroatoms. The van der Waals surface area contributed by atoms with E-state index in [1.165, 1.54) is 0 Å². The maximum Gasteiger partial charge on any atom is 0.0487 e. The van der Waals surface area contributed by atoms with Crippen LogP contribution in [0.25, 0.3) is 22.3 Å². The number of benzene rings is 3. The minimum absolute atomic E-state index is 0.417. The van der Waals surface area contributed by atoms with Crippen molar-refractivity contribution in [1.29, 1.82) is 0 Å². The zero-order valence-corrected chi connectivity index (χ0v) is 15.2. The SMILES string of the molecule is Cc1ccc(-c2cccc(-c3ccc(C)cc3Cl)c2CN)c(Cl)c1. The van der Waals surface area contributed by atoms with E-state index in [9.17, 15) is 0 Å². The lowest BCUT2D eigenvalue weighted by atomic mass is 9.91.